The zero-order valence-electron chi connectivity index (χ0n) is 8.49. The van der Waals surface area contributed by atoms with Crippen LogP contribution in [0.3, 0.4) is 0 Å². The van der Waals surface area contributed by atoms with E-state index in [9.17, 15) is 14.4 Å². The Morgan fingerprint density at radius 1 is 1.07 bits per heavy atom. The summed E-state index contributed by atoms with van der Waals surface area (Å²) < 4.78 is 8.73. The maximum Gasteiger partial charge on any atom is 0.325 e. The first-order valence-corrected chi connectivity index (χ1v) is 4.56. The van der Waals surface area contributed by atoms with Crippen LogP contribution in [0.15, 0.2) is 0 Å². The lowest BCUT2D eigenvalue weighted by molar-refractivity contribution is -0.151. The highest BCUT2D eigenvalue weighted by Crippen LogP contribution is 1.95. The predicted molar refractivity (Wildman–Crippen MR) is 51.3 cm³/mol. The highest BCUT2D eigenvalue weighted by Gasteiger charge is 2.19. The molecule has 15 heavy (non-hydrogen) atoms. The third-order valence-corrected chi connectivity index (χ3v) is 1.79. The highest BCUT2D eigenvalue weighted by atomic mass is 35.5. The van der Waals surface area contributed by atoms with Gasteiger partial charge in [-0.05, 0) is 0 Å². The molecule has 0 bridgehead atoms. The average molecular weight is 238 g/mol. The molecule has 1 amide bonds. The molecule has 0 atom stereocenters. The maximum absolute atomic E-state index is 11.2. The molecule has 0 aromatic carbocycles. The fraction of sp³-hybridized carbons (Fsp3) is 0.625. The van der Waals surface area contributed by atoms with Crippen LogP contribution in [0, 0.1) is 0 Å². The van der Waals surface area contributed by atoms with E-state index in [1.54, 1.807) is 0 Å². The van der Waals surface area contributed by atoms with Crippen LogP contribution in [0.5, 0.6) is 0 Å². The zero-order valence-corrected chi connectivity index (χ0v) is 9.24. The van der Waals surface area contributed by atoms with Crippen molar-refractivity contribution >= 4 is 29.4 Å². The van der Waals surface area contributed by atoms with E-state index in [0.29, 0.717) is 0 Å². The van der Waals surface area contributed by atoms with Crippen LogP contribution < -0.4 is 0 Å². The summed E-state index contributed by atoms with van der Waals surface area (Å²) in [7, 11) is 2.37. The van der Waals surface area contributed by atoms with Gasteiger partial charge in [-0.3, -0.25) is 14.4 Å². The lowest BCUT2D eigenvalue weighted by atomic mass is 10.4. The number of carbonyl (C=O) groups is 3. The summed E-state index contributed by atoms with van der Waals surface area (Å²) in [6.45, 7) is -0.645. The minimum absolute atomic E-state index is 0.312. The van der Waals surface area contributed by atoms with Crippen LogP contribution >= 0.6 is 11.6 Å². The molecule has 0 aliphatic heterocycles. The number of ether oxygens (including phenoxy) is 2. The van der Waals surface area contributed by atoms with Crippen molar-refractivity contribution in [1.29, 1.82) is 0 Å². The van der Waals surface area contributed by atoms with E-state index in [2.05, 4.69) is 9.47 Å². The minimum atomic E-state index is -0.627. The topological polar surface area (TPSA) is 72.9 Å². The number of methoxy groups -OCH3 is 2. The van der Waals surface area contributed by atoms with Crippen LogP contribution in [0.1, 0.15) is 0 Å². The second-order valence-corrected chi connectivity index (χ2v) is 2.80. The number of halogens is 1. The molecule has 0 aromatic rings. The third kappa shape index (κ3) is 5.21. The first-order valence-electron chi connectivity index (χ1n) is 4.02. The number of carbonyl (C=O) groups excluding carboxylic acids is 3. The van der Waals surface area contributed by atoms with Crippen LogP contribution in [0.2, 0.25) is 0 Å². The number of alkyl halides is 1. The number of amides is 1. The number of hydrogen-bond acceptors (Lipinski definition) is 5. The molecule has 0 fully saturated rings. The number of rotatable bonds is 5. The van der Waals surface area contributed by atoms with Crippen LogP contribution in [0.4, 0.5) is 0 Å². The molecule has 0 saturated carbocycles. The van der Waals surface area contributed by atoms with Crippen molar-refractivity contribution in [2.24, 2.45) is 0 Å². The first-order chi connectivity index (χ1) is 7.04. The second-order valence-electron chi connectivity index (χ2n) is 2.54. The molecule has 7 heteroatoms. The summed E-state index contributed by atoms with van der Waals surface area (Å²) in [6, 6.07) is 0. The number of nitrogens with zero attached hydrogens (tertiary/aromatic N) is 1. The largest absolute Gasteiger partial charge is 0.468 e. The van der Waals surface area contributed by atoms with Gasteiger partial charge in [-0.1, -0.05) is 0 Å². The van der Waals surface area contributed by atoms with Gasteiger partial charge in [0.15, 0.2) is 0 Å². The van der Waals surface area contributed by atoms with Gasteiger partial charge in [-0.2, -0.15) is 0 Å². The molecule has 86 valence electrons. The van der Waals surface area contributed by atoms with E-state index in [4.69, 9.17) is 11.6 Å². The minimum Gasteiger partial charge on any atom is -0.468 e. The van der Waals surface area contributed by atoms with Crippen LogP contribution in [-0.4, -0.2) is 55.9 Å². The average Bonchev–Trinajstić information content (AvgIpc) is 2.26. The fourth-order valence-corrected chi connectivity index (χ4v) is 0.927. The molecule has 0 rings (SSSR count). The Bertz CT molecular complexity index is 237. The van der Waals surface area contributed by atoms with E-state index < -0.39 is 17.8 Å². The van der Waals surface area contributed by atoms with Gasteiger partial charge in [0.1, 0.15) is 19.0 Å². The zero-order chi connectivity index (χ0) is 11.8. The highest BCUT2D eigenvalue weighted by molar-refractivity contribution is 6.27. The van der Waals surface area contributed by atoms with Gasteiger partial charge < -0.3 is 14.4 Å². The summed E-state index contributed by atoms with van der Waals surface area (Å²) in [4.78, 5) is 34.0. The van der Waals surface area contributed by atoms with Gasteiger partial charge in [0.05, 0.1) is 14.2 Å². The van der Waals surface area contributed by atoms with Crippen molar-refractivity contribution in [2.75, 3.05) is 33.2 Å². The van der Waals surface area contributed by atoms with Crippen molar-refractivity contribution in [1.82, 2.24) is 4.90 Å². The Hall–Kier alpha value is -1.30. The smallest absolute Gasteiger partial charge is 0.325 e. The van der Waals surface area contributed by atoms with Crippen molar-refractivity contribution in [3.63, 3.8) is 0 Å². The Morgan fingerprint density at radius 3 is 1.73 bits per heavy atom. The molecule has 0 N–H and O–H groups in total. The van der Waals surface area contributed by atoms with Gasteiger partial charge in [0, 0.05) is 0 Å². The normalized spacial score (nSPS) is 9.27. The van der Waals surface area contributed by atoms with E-state index in [1.165, 1.54) is 14.2 Å². The van der Waals surface area contributed by atoms with Crippen LogP contribution in [-0.2, 0) is 23.9 Å². The second kappa shape index (κ2) is 7.05. The Labute approximate surface area is 92.1 Å². The molecule has 0 aliphatic rings. The van der Waals surface area contributed by atoms with E-state index >= 15 is 0 Å². The molecule has 0 saturated heterocycles. The Balaban J connectivity index is 4.37. The molecular weight excluding hydrogens is 226 g/mol. The molecule has 0 aromatic heterocycles. The van der Waals surface area contributed by atoms with Gasteiger partial charge in [-0.15, -0.1) is 11.6 Å². The molecule has 0 radical (unpaired) electrons. The summed E-state index contributed by atoms with van der Waals surface area (Å²) in [5.41, 5.74) is 0. The molecular formula is C8H12ClNO5. The predicted octanol–water partition coefficient (Wildman–Crippen LogP) is -0.600. The van der Waals surface area contributed by atoms with Crippen molar-refractivity contribution < 1.29 is 23.9 Å². The number of hydrogen-bond donors (Lipinski definition) is 0. The van der Waals surface area contributed by atoms with E-state index in [-0.39, 0.29) is 19.0 Å². The SMILES string of the molecule is COC(=O)CN(CC(=O)OC)C(=O)CCl. The molecule has 6 nitrogen and oxygen atoms in total. The molecule has 0 aliphatic carbocycles. The summed E-state index contributed by atoms with van der Waals surface area (Å²) in [5, 5.41) is 0. The monoisotopic (exact) mass is 237 g/mol. The van der Waals surface area contributed by atoms with Gasteiger partial charge in [-0.25, -0.2) is 0 Å². The lowest BCUT2D eigenvalue weighted by Crippen LogP contribution is -2.40. The quantitative estimate of drug-likeness (QED) is 0.472. The van der Waals surface area contributed by atoms with E-state index in [1.807, 2.05) is 0 Å². The Kier molecular flexibility index (Phi) is 6.44. The van der Waals surface area contributed by atoms with Crippen LogP contribution in [0.25, 0.3) is 0 Å². The fourth-order valence-electron chi connectivity index (χ4n) is 0.758. The summed E-state index contributed by atoms with van der Waals surface area (Å²) in [5.74, 6) is -2.10. The third-order valence-electron chi connectivity index (χ3n) is 1.56. The summed E-state index contributed by atoms with van der Waals surface area (Å²) >= 11 is 5.30. The first kappa shape index (κ1) is 13.7. The standard InChI is InChI=1S/C8H12ClNO5/c1-14-7(12)4-10(6(11)3-9)5-8(13)15-2/h3-5H2,1-2H3. The van der Waals surface area contributed by atoms with Crippen molar-refractivity contribution in [2.45, 2.75) is 0 Å². The number of esters is 2. The van der Waals surface area contributed by atoms with Gasteiger partial charge in [0.25, 0.3) is 0 Å². The van der Waals surface area contributed by atoms with Crippen molar-refractivity contribution in [3.8, 4) is 0 Å². The maximum atomic E-state index is 11.2. The Morgan fingerprint density at radius 2 is 1.47 bits per heavy atom. The van der Waals surface area contributed by atoms with Gasteiger partial charge in [0.2, 0.25) is 5.91 Å². The van der Waals surface area contributed by atoms with Gasteiger partial charge >= 0.3 is 11.9 Å². The molecule has 0 unspecified atom stereocenters. The lowest BCUT2D eigenvalue weighted by Gasteiger charge is -2.18. The molecule has 0 heterocycles. The summed E-state index contributed by atoms with van der Waals surface area (Å²) in [6.07, 6.45) is 0. The van der Waals surface area contributed by atoms with E-state index in [0.717, 1.165) is 4.90 Å². The molecule has 0 spiro atoms. The van der Waals surface area contributed by atoms with Crippen molar-refractivity contribution in [3.05, 3.63) is 0 Å².